The van der Waals surface area contributed by atoms with Crippen molar-refractivity contribution in [3.05, 3.63) is 33.8 Å². The molecular formula is C15H18Cl2N2O4. The van der Waals surface area contributed by atoms with Gasteiger partial charge < -0.3 is 15.4 Å². The van der Waals surface area contributed by atoms with Gasteiger partial charge in [0.2, 0.25) is 5.91 Å². The van der Waals surface area contributed by atoms with Gasteiger partial charge in [-0.25, -0.2) is 4.79 Å². The molecule has 0 radical (unpaired) electrons. The van der Waals surface area contributed by atoms with Gasteiger partial charge in [-0.05, 0) is 31.5 Å². The molecule has 0 unspecified atom stereocenters. The van der Waals surface area contributed by atoms with Crippen LogP contribution in [0.5, 0.6) is 0 Å². The van der Waals surface area contributed by atoms with Crippen LogP contribution in [0.1, 0.15) is 30.6 Å². The van der Waals surface area contributed by atoms with E-state index in [9.17, 15) is 14.4 Å². The molecule has 1 aromatic rings. The summed E-state index contributed by atoms with van der Waals surface area (Å²) in [5, 5.41) is 5.58. The number of halogens is 2. The van der Waals surface area contributed by atoms with Gasteiger partial charge in [0.25, 0.3) is 5.91 Å². The molecule has 2 amide bonds. The van der Waals surface area contributed by atoms with Gasteiger partial charge in [0.15, 0.2) is 6.61 Å². The zero-order valence-electron chi connectivity index (χ0n) is 12.8. The number of amides is 2. The Labute approximate surface area is 144 Å². The molecule has 0 spiro atoms. The molecule has 2 N–H and O–H groups in total. The van der Waals surface area contributed by atoms with Gasteiger partial charge in [-0.2, -0.15) is 0 Å². The van der Waals surface area contributed by atoms with E-state index in [-0.39, 0.29) is 16.5 Å². The third-order valence-electron chi connectivity index (χ3n) is 2.80. The summed E-state index contributed by atoms with van der Waals surface area (Å²) >= 11 is 11.6. The maximum Gasteiger partial charge on any atom is 0.340 e. The van der Waals surface area contributed by atoms with Crippen LogP contribution in [0, 0.1) is 0 Å². The molecule has 0 aromatic heterocycles. The largest absolute Gasteiger partial charge is 0.452 e. The lowest BCUT2D eigenvalue weighted by atomic mass is 10.2. The van der Waals surface area contributed by atoms with Crippen molar-refractivity contribution in [2.45, 2.75) is 26.3 Å². The van der Waals surface area contributed by atoms with Crippen molar-refractivity contribution in [1.29, 1.82) is 0 Å². The molecule has 0 saturated carbocycles. The van der Waals surface area contributed by atoms with Gasteiger partial charge in [0, 0.05) is 11.6 Å². The first kappa shape index (κ1) is 19.3. The Bertz CT molecular complexity index is 593. The Kier molecular flexibility index (Phi) is 7.85. The molecule has 8 heteroatoms. The van der Waals surface area contributed by atoms with Crippen molar-refractivity contribution in [3.8, 4) is 0 Å². The highest BCUT2D eigenvalue weighted by Crippen LogP contribution is 2.21. The molecule has 0 fully saturated rings. The van der Waals surface area contributed by atoms with Crippen molar-refractivity contribution in [2.75, 3.05) is 13.2 Å². The molecule has 1 rings (SSSR count). The van der Waals surface area contributed by atoms with E-state index >= 15 is 0 Å². The molecular weight excluding hydrogens is 343 g/mol. The maximum atomic E-state index is 11.9. The molecule has 0 aliphatic heterocycles. The summed E-state index contributed by atoms with van der Waals surface area (Å²) in [5.74, 6) is -1.66. The zero-order chi connectivity index (χ0) is 17.4. The fraction of sp³-hybridized carbons (Fsp3) is 0.400. The minimum Gasteiger partial charge on any atom is -0.452 e. The Morgan fingerprint density at radius 2 is 1.96 bits per heavy atom. The molecule has 1 atom stereocenters. The molecule has 126 valence electrons. The standard InChI is InChI=1S/C15H18Cl2N2O4/c1-3-6-18-14(21)9(2)19-13(20)8-23-15(22)11-7-10(16)4-5-12(11)17/h4-5,7,9H,3,6,8H2,1-2H3,(H,18,21)(H,19,20)/t9-/m1/s1. The number of nitrogens with one attached hydrogen (secondary N) is 2. The highest BCUT2D eigenvalue weighted by atomic mass is 35.5. The van der Waals surface area contributed by atoms with E-state index in [1.165, 1.54) is 18.2 Å². The molecule has 1 aromatic carbocycles. The Morgan fingerprint density at radius 3 is 2.61 bits per heavy atom. The maximum absolute atomic E-state index is 11.9. The summed E-state index contributed by atoms with van der Waals surface area (Å²) in [4.78, 5) is 35.2. The highest BCUT2D eigenvalue weighted by Gasteiger charge is 2.18. The predicted molar refractivity (Wildman–Crippen MR) is 87.6 cm³/mol. The van der Waals surface area contributed by atoms with E-state index in [4.69, 9.17) is 27.9 Å². The minimum absolute atomic E-state index is 0.0701. The summed E-state index contributed by atoms with van der Waals surface area (Å²) in [6.07, 6.45) is 0.796. The van der Waals surface area contributed by atoms with Crippen LogP contribution in [-0.4, -0.2) is 37.0 Å². The Balaban J connectivity index is 2.48. The van der Waals surface area contributed by atoms with E-state index in [0.29, 0.717) is 11.6 Å². The second-order valence-corrected chi connectivity index (χ2v) is 5.62. The molecule has 0 saturated heterocycles. The topological polar surface area (TPSA) is 84.5 Å². The Morgan fingerprint density at radius 1 is 1.26 bits per heavy atom. The lowest BCUT2D eigenvalue weighted by Gasteiger charge is -2.14. The predicted octanol–water partition coefficient (Wildman–Crippen LogP) is 2.18. The number of hydrogen-bond donors (Lipinski definition) is 2. The van der Waals surface area contributed by atoms with Crippen LogP contribution in [0.4, 0.5) is 0 Å². The molecule has 0 heterocycles. The number of rotatable bonds is 7. The molecule has 6 nitrogen and oxygen atoms in total. The monoisotopic (exact) mass is 360 g/mol. The van der Waals surface area contributed by atoms with Crippen LogP contribution in [-0.2, 0) is 14.3 Å². The van der Waals surface area contributed by atoms with Crippen LogP contribution in [0.2, 0.25) is 10.0 Å². The van der Waals surface area contributed by atoms with Crippen molar-refractivity contribution in [1.82, 2.24) is 10.6 Å². The first-order valence-electron chi connectivity index (χ1n) is 7.04. The lowest BCUT2D eigenvalue weighted by Crippen LogP contribution is -2.46. The van der Waals surface area contributed by atoms with E-state index in [2.05, 4.69) is 10.6 Å². The van der Waals surface area contributed by atoms with Crippen molar-refractivity contribution in [2.24, 2.45) is 0 Å². The minimum atomic E-state index is -0.768. The lowest BCUT2D eigenvalue weighted by molar-refractivity contribution is -0.130. The summed E-state index contributed by atoms with van der Waals surface area (Å²) in [6, 6.07) is 3.62. The van der Waals surface area contributed by atoms with Gasteiger partial charge in [-0.3, -0.25) is 9.59 Å². The van der Waals surface area contributed by atoms with E-state index in [1.807, 2.05) is 6.92 Å². The first-order chi connectivity index (χ1) is 10.8. The highest BCUT2D eigenvalue weighted by molar-refractivity contribution is 6.35. The van der Waals surface area contributed by atoms with Crippen molar-refractivity contribution >= 4 is 41.0 Å². The summed E-state index contributed by atoms with van der Waals surface area (Å²) < 4.78 is 4.86. The van der Waals surface area contributed by atoms with Gasteiger partial charge in [-0.15, -0.1) is 0 Å². The van der Waals surface area contributed by atoms with E-state index in [1.54, 1.807) is 6.92 Å². The zero-order valence-corrected chi connectivity index (χ0v) is 14.3. The average molecular weight is 361 g/mol. The van der Waals surface area contributed by atoms with Gasteiger partial charge in [-0.1, -0.05) is 30.1 Å². The fourth-order valence-corrected chi connectivity index (χ4v) is 1.98. The molecule has 0 aliphatic rings. The number of carbonyl (C=O) groups is 3. The second-order valence-electron chi connectivity index (χ2n) is 4.78. The normalized spacial score (nSPS) is 11.5. The smallest absolute Gasteiger partial charge is 0.340 e. The molecule has 0 aliphatic carbocycles. The number of esters is 1. The van der Waals surface area contributed by atoms with Gasteiger partial charge in [0.05, 0.1) is 10.6 Å². The quantitative estimate of drug-likeness (QED) is 0.729. The van der Waals surface area contributed by atoms with Crippen LogP contribution in [0.3, 0.4) is 0 Å². The second kappa shape index (κ2) is 9.37. The molecule has 23 heavy (non-hydrogen) atoms. The van der Waals surface area contributed by atoms with Crippen LogP contribution in [0.15, 0.2) is 18.2 Å². The summed E-state index contributed by atoms with van der Waals surface area (Å²) in [6.45, 7) is 3.47. The average Bonchev–Trinajstić information content (AvgIpc) is 2.52. The first-order valence-corrected chi connectivity index (χ1v) is 7.80. The third-order valence-corrected chi connectivity index (χ3v) is 3.37. The Hall–Kier alpha value is -1.79. The SMILES string of the molecule is CCCNC(=O)[C@@H](C)NC(=O)COC(=O)c1cc(Cl)ccc1Cl. The van der Waals surface area contributed by atoms with Crippen LogP contribution in [0.25, 0.3) is 0 Å². The van der Waals surface area contributed by atoms with Crippen molar-refractivity contribution < 1.29 is 19.1 Å². The number of carbonyl (C=O) groups excluding carboxylic acids is 3. The summed E-state index contributed by atoms with van der Waals surface area (Å²) in [5.41, 5.74) is 0.0701. The van der Waals surface area contributed by atoms with Gasteiger partial charge >= 0.3 is 5.97 Å². The van der Waals surface area contributed by atoms with Crippen LogP contribution < -0.4 is 10.6 Å². The van der Waals surface area contributed by atoms with Gasteiger partial charge in [0.1, 0.15) is 6.04 Å². The van der Waals surface area contributed by atoms with Crippen molar-refractivity contribution in [3.63, 3.8) is 0 Å². The van der Waals surface area contributed by atoms with E-state index in [0.717, 1.165) is 6.42 Å². The number of hydrogen-bond acceptors (Lipinski definition) is 4. The van der Waals surface area contributed by atoms with E-state index < -0.39 is 24.5 Å². The third kappa shape index (κ3) is 6.46. The number of ether oxygens (including phenoxy) is 1. The fourth-order valence-electron chi connectivity index (χ4n) is 1.61. The number of benzene rings is 1. The van der Waals surface area contributed by atoms with Crippen LogP contribution >= 0.6 is 23.2 Å². The summed E-state index contributed by atoms with van der Waals surface area (Å²) in [7, 11) is 0. The molecule has 0 bridgehead atoms.